The molecule has 1 aliphatic heterocycles. The first-order valence-corrected chi connectivity index (χ1v) is 15.5. The Labute approximate surface area is 220 Å². The summed E-state index contributed by atoms with van der Waals surface area (Å²) in [5.41, 5.74) is -1.22. The fraction of sp³-hybridized carbons (Fsp3) is 0.440. The van der Waals surface area contributed by atoms with Crippen molar-refractivity contribution in [1.29, 1.82) is 0 Å². The Bertz CT molecular complexity index is 1450. The van der Waals surface area contributed by atoms with Gasteiger partial charge in [0.2, 0.25) is 5.91 Å². The van der Waals surface area contributed by atoms with Gasteiger partial charge in [-0.2, -0.15) is 13.2 Å². The second-order valence-corrected chi connectivity index (χ2v) is 14.1. The Morgan fingerprint density at radius 3 is 2.13 bits per heavy atom. The van der Waals surface area contributed by atoms with Gasteiger partial charge in [-0.05, 0) is 60.7 Å². The maximum Gasteiger partial charge on any atom is 0.398 e. The van der Waals surface area contributed by atoms with E-state index in [4.69, 9.17) is 0 Å². The van der Waals surface area contributed by atoms with E-state index in [2.05, 4.69) is 5.32 Å². The number of amides is 2. The number of halogens is 3. The maximum absolute atomic E-state index is 14.0. The van der Waals surface area contributed by atoms with Gasteiger partial charge in [-0.3, -0.25) is 9.59 Å². The third kappa shape index (κ3) is 6.37. The Hall–Kier alpha value is -2.93. The summed E-state index contributed by atoms with van der Waals surface area (Å²) >= 11 is 0. The highest BCUT2D eigenvalue weighted by Crippen LogP contribution is 2.44. The SMILES string of the molecule is CC(=O)N1Cc2cc(S(C)(=O)=O)ccc2C1C(=O)Nc1ccc(C(C)(CCCS(C)(=O)=O)C(F)(F)F)cc1. The number of benzene rings is 2. The molecule has 2 aromatic carbocycles. The van der Waals surface area contributed by atoms with Crippen LogP contribution in [0.25, 0.3) is 0 Å². The molecule has 0 spiro atoms. The molecule has 13 heteroatoms. The molecule has 2 aromatic rings. The van der Waals surface area contributed by atoms with Crippen molar-refractivity contribution in [2.24, 2.45) is 0 Å². The molecule has 0 saturated carbocycles. The van der Waals surface area contributed by atoms with E-state index >= 15 is 0 Å². The highest BCUT2D eigenvalue weighted by molar-refractivity contribution is 7.91. The topological polar surface area (TPSA) is 118 Å². The molecular formula is C25H29F3N2O6S2. The number of rotatable bonds is 8. The molecule has 1 heterocycles. The van der Waals surface area contributed by atoms with Crippen molar-refractivity contribution in [3.8, 4) is 0 Å². The zero-order chi connectivity index (χ0) is 28.7. The predicted molar refractivity (Wildman–Crippen MR) is 136 cm³/mol. The Morgan fingerprint density at radius 2 is 1.63 bits per heavy atom. The first-order chi connectivity index (χ1) is 17.3. The lowest BCUT2D eigenvalue weighted by molar-refractivity contribution is -0.187. The van der Waals surface area contributed by atoms with E-state index in [0.29, 0.717) is 11.1 Å². The molecular weight excluding hydrogens is 545 g/mol. The fourth-order valence-corrected chi connectivity index (χ4v) is 5.85. The maximum atomic E-state index is 14.0. The van der Waals surface area contributed by atoms with Crippen molar-refractivity contribution in [3.63, 3.8) is 0 Å². The van der Waals surface area contributed by atoms with Crippen LogP contribution in [-0.4, -0.2) is 58.0 Å². The van der Waals surface area contributed by atoms with Crippen molar-refractivity contribution in [3.05, 3.63) is 59.2 Å². The van der Waals surface area contributed by atoms with Crippen LogP contribution < -0.4 is 5.32 Å². The molecule has 2 amide bonds. The van der Waals surface area contributed by atoms with Crippen LogP contribution in [0.1, 0.15) is 49.4 Å². The van der Waals surface area contributed by atoms with Gasteiger partial charge in [0.05, 0.1) is 10.3 Å². The molecule has 3 rings (SSSR count). The molecule has 38 heavy (non-hydrogen) atoms. The standard InChI is InChI=1S/C25H29F3N2O6S2/c1-16(31)30-15-17-14-20(38(4,35)36)10-11-21(17)22(30)23(32)29-19-8-6-18(7-9-19)24(2,25(26,27)28)12-5-13-37(3,33)34/h6-11,14,22H,5,12-13,15H2,1-4H3,(H,29,32). The minimum absolute atomic E-state index is 0.0302. The number of nitrogens with one attached hydrogen (secondary N) is 1. The first-order valence-electron chi connectivity index (χ1n) is 11.6. The molecule has 0 saturated heterocycles. The summed E-state index contributed by atoms with van der Waals surface area (Å²) in [4.78, 5) is 26.8. The van der Waals surface area contributed by atoms with Gasteiger partial charge >= 0.3 is 6.18 Å². The van der Waals surface area contributed by atoms with Gasteiger partial charge < -0.3 is 10.2 Å². The number of fused-ring (bicyclic) bond motifs is 1. The summed E-state index contributed by atoms with van der Waals surface area (Å²) in [6.07, 6.45) is -3.23. The van der Waals surface area contributed by atoms with E-state index in [0.717, 1.165) is 19.4 Å². The number of nitrogens with zero attached hydrogens (tertiary/aromatic N) is 1. The van der Waals surface area contributed by atoms with Gasteiger partial charge in [0.15, 0.2) is 9.84 Å². The molecule has 0 fully saturated rings. The highest BCUT2D eigenvalue weighted by atomic mass is 32.2. The van der Waals surface area contributed by atoms with Gasteiger partial charge in [0.25, 0.3) is 5.91 Å². The van der Waals surface area contributed by atoms with Gasteiger partial charge in [0, 0.05) is 37.4 Å². The van der Waals surface area contributed by atoms with Crippen molar-refractivity contribution in [1.82, 2.24) is 4.90 Å². The van der Waals surface area contributed by atoms with Crippen molar-refractivity contribution in [2.75, 3.05) is 23.6 Å². The normalized spacial score (nSPS) is 17.6. The van der Waals surface area contributed by atoms with E-state index in [1.165, 1.54) is 54.3 Å². The van der Waals surface area contributed by atoms with Gasteiger partial charge in [-0.15, -0.1) is 0 Å². The molecule has 0 radical (unpaired) electrons. The number of carbonyl (C=O) groups is 2. The van der Waals surface area contributed by atoms with Crippen LogP contribution in [0.15, 0.2) is 47.4 Å². The van der Waals surface area contributed by atoms with E-state index < -0.39 is 55.5 Å². The summed E-state index contributed by atoms with van der Waals surface area (Å²) in [5.74, 6) is -1.38. The highest BCUT2D eigenvalue weighted by Gasteiger charge is 2.51. The number of hydrogen-bond donors (Lipinski definition) is 1. The first kappa shape index (κ1) is 29.6. The molecule has 2 atom stereocenters. The molecule has 8 nitrogen and oxygen atoms in total. The van der Waals surface area contributed by atoms with E-state index in [9.17, 15) is 39.6 Å². The Kier molecular flexibility index (Phi) is 8.05. The lowest BCUT2D eigenvalue weighted by atomic mass is 9.78. The number of hydrogen-bond acceptors (Lipinski definition) is 6. The van der Waals surface area contributed by atoms with E-state index in [1.54, 1.807) is 0 Å². The summed E-state index contributed by atoms with van der Waals surface area (Å²) in [6.45, 7) is 2.32. The monoisotopic (exact) mass is 574 g/mol. The van der Waals surface area contributed by atoms with E-state index in [-0.39, 0.29) is 34.9 Å². The van der Waals surface area contributed by atoms with Crippen molar-refractivity contribution >= 4 is 37.2 Å². The lowest BCUT2D eigenvalue weighted by Crippen LogP contribution is -2.40. The average Bonchev–Trinajstić information content (AvgIpc) is 3.16. The molecule has 0 aromatic heterocycles. The fourth-order valence-electron chi connectivity index (χ4n) is 4.50. The van der Waals surface area contributed by atoms with Crippen LogP contribution in [0.5, 0.6) is 0 Å². The van der Waals surface area contributed by atoms with Crippen LogP contribution in [-0.2, 0) is 41.2 Å². The van der Waals surface area contributed by atoms with Crippen LogP contribution in [0.4, 0.5) is 18.9 Å². The lowest BCUT2D eigenvalue weighted by Gasteiger charge is -2.33. The summed E-state index contributed by atoms with van der Waals surface area (Å²) in [5, 5.41) is 2.62. The molecule has 1 aliphatic rings. The van der Waals surface area contributed by atoms with Crippen LogP contribution in [0.3, 0.4) is 0 Å². The minimum Gasteiger partial charge on any atom is -0.324 e. The minimum atomic E-state index is -4.64. The largest absolute Gasteiger partial charge is 0.398 e. The average molecular weight is 575 g/mol. The third-order valence-electron chi connectivity index (χ3n) is 6.75. The Morgan fingerprint density at radius 1 is 1.03 bits per heavy atom. The van der Waals surface area contributed by atoms with Crippen LogP contribution >= 0.6 is 0 Å². The molecule has 0 bridgehead atoms. The second kappa shape index (κ2) is 10.3. The zero-order valence-corrected chi connectivity index (χ0v) is 22.9. The number of sulfone groups is 2. The summed E-state index contributed by atoms with van der Waals surface area (Å²) in [7, 11) is -6.92. The number of carbonyl (C=O) groups excluding carboxylic acids is 2. The smallest absolute Gasteiger partial charge is 0.324 e. The Balaban J connectivity index is 1.85. The molecule has 1 N–H and O–H groups in total. The molecule has 208 valence electrons. The van der Waals surface area contributed by atoms with Crippen molar-refractivity contribution in [2.45, 2.75) is 55.8 Å². The molecule has 2 unspecified atom stereocenters. The zero-order valence-electron chi connectivity index (χ0n) is 21.3. The summed E-state index contributed by atoms with van der Waals surface area (Å²) in [6, 6.07) is 8.29. The summed E-state index contributed by atoms with van der Waals surface area (Å²) < 4.78 is 88.6. The van der Waals surface area contributed by atoms with E-state index in [1.807, 2.05) is 0 Å². The van der Waals surface area contributed by atoms with Crippen LogP contribution in [0.2, 0.25) is 0 Å². The third-order valence-corrected chi connectivity index (χ3v) is 8.89. The quantitative estimate of drug-likeness (QED) is 0.513. The number of anilines is 1. The van der Waals surface area contributed by atoms with Gasteiger partial charge in [-0.1, -0.05) is 18.2 Å². The van der Waals surface area contributed by atoms with Gasteiger partial charge in [0.1, 0.15) is 15.9 Å². The predicted octanol–water partition coefficient (Wildman–Crippen LogP) is 3.78. The second-order valence-electron chi connectivity index (χ2n) is 9.81. The van der Waals surface area contributed by atoms with Crippen LogP contribution in [0, 0.1) is 0 Å². The number of alkyl halides is 3. The molecule has 0 aliphatic carbocycles. The van der Waals surface area contributed by atoms with Crippen molar-refractivity contribution < 1.29 is 39.6 Å². The van der Waals surface area contributed by atoms with Gasteiger partial charge in [-0.25, -0.2) is 16.8 Å².